The lowest BCUT2D eigenvalue weighted by atomic mass is 10.1. The predicted molar refractivity (Wildman–Crippen MR) is 93.6 cm³/mol. The number of amides is 1. The number of carbonyl (C=O) groups is 1. The summed E-state index contributed by atoms with van der Waals surface area (Å²) in [5.41, 5.74) is 1.73. The number of benzene rings is 2. The van der Waals surface area contributed by atoms with Gasteiger partial charge in [-0.05, 0) is 36.2 Å². The number of rotatable bonds is 5. The van der Waals surface area contributed by atoms with Crippen LogP contribution in [0.25, 0.3) is 10.9 Å². The zero-order chi connectivity index (χ0) is 17.8. The molecular weight excluding hydrogens is 321 g/mol. The van der Waals surface area contributed by atoms with Crippen molar-refractivity contribution in [2.24, 2.45) is 0 Å². The van der Waals surface area contributed by atoms with Crippen LogP contribution >= 0.6 is 0 Å². The Labute approximate surface area is 144 Å². The molecule has 128 valence electrons. The lowest BCUT2D eigenvalue weighted by Gasteiger charge is -2.08. The van der Waals surface area contributed by atoms with Gasteiger partial charge in [-0.25, -0.2) is 9.37 Å². The Kier molecular flexibility index (Phi) is 4.88. The standard InChI is InChI=1S/C19H18FN3O2/c1-13-6-7-14(10-16(13)20)11-21-18(24)8-9-23-12-22-17-5-3-2-4-15(17)19(23)25/h2-7,10,12H,8-9,11H2,1H3,(H,21,24). The number of hydrogen-bond donors (Lipinski definition) is 1. The molecule has 0 atom stereocenters. The molecule has 1 aromatic heterocycles. The highest BCUT2D eigenvalue weighted by Crippen LogP contribution is 2.09. The van der Waals surface area contributed by atoms with E-state index in [1.807, 2.05) is 6.07 Å². The first-order valence-corrected chi connectivity index (χ1v) is 8.00. The van der Waals surface area contributed by atoms with Gasteiger partial charge in [-0.15, -0.1) is 0 Å². The SMILES string of the molecule is Cc1ccc(CNC(=O)CCn2cnc3ccccc3c2=O)cc1F. The lowest BCUT2D eigenvalue weighted by molar-refractivity contribution is -0.121. The van der Waals surface area contributed by atoms with E-state index in [9.17, 15) is 14.0 Å². The van der Waals surface area contributed by atoms with E-state index in [1.165, 1.54) is 17.0 Å². The lowest BCUT2D eigenvalue weighted by Crippen LogP contribution is -2.27. The second-order valence-electron chi connectivity index (χ2n) is 5.87. The first kappa shape index (κ1) is 16.8. The molecular formula is C19H18FN3O2. The van der Waals surface area contributed by atoms with Gasteiger partial charge in [0.25, 0.3) is 5.56 Å². The fourth-order valence-electron chi connectivity index (χ4n) is 2.52. The maximum atomic E-state index is 13.5. The van der Waals surface area contributed by atoms with Crippen molar-refractivity contribution in [3.8, 4) is 0 Å². The maximum Gasteiger partial charge on any atom is 0.261 e. The van der Waals surface area contributed by atoms with Crippen molar-refractivity contribution in [2.45, 2.75) is 26.4 Å². The molecule has 0 bridgehead atoms. The highest BCUT2D eigenvalue weighted by molar-refractivity contribution is 5.77. The third kappa shape index (κ3) is 3.91. The summed E-state index contributed by atoms with van der Waals surface area (Å²) in [6.45, 7) is 2.18. The molecule has 6 heteroatoms. The van der Waals surface area contributed by atoms with Crippen LogP contribution in [-0.4, -0.2) is 15.5 Å². The van der Waals surface area contributed by atoms with Gasteiger partial charge in [0, 0.05) is 19.5 Å². The summed E-state index contributed by atoms with van der Waals surface area (Å²) in [6.07, 6.45) is 1.60. The van der Waals surface area contributed by atoms with Crippen LogP contribution in [0.5, 0.6) is 0 Å². The summed E-state index contributed by atoms with van der Waals surface area (Å²) >= 11 is 0. The van der Waals surface area contributed by atoms with Crippen molar-refractivity contribution in [1.82, 2.24) is 14.9 Å². The second-order valence-corrected chi connectivity index (χ2v) is 5.87. The minimum absolute atomic E-state index is 0.147. The van der Waals surface area contributed by atoms with Gasteiger partial charge in [-0.3, -0.25) is 14.2 Å². The molecule has 0 aliphatic carbocycles. The molecule has 25 heavy (non-hydrogen) atoms. The minimum Gasteiger partial charge on any atom is -0.352 e. The molecule has 1 N–H and O–H groups in total. The molecule has 0 aliphatic heterocycles. The monoisotopic (exact) mass is 339 g/mol. The average Bonchev–Trinajstić information content (AvgIpc) is 2.62. The van der Waals surface area contributed by atoms with Crippen LogP contribution in [0, 0.1) is 12.7 Å². The molecule has 1 amide bonds. The number of aromatic nitrogens is 2. The summed E-state index contributed by atoms with van der Waals surface area (Å²) in [6, 6.07) is 12.0. The summed E-state index contributed by atoms with van der Waals surface area (Å²) in [7, 11) is 0. The molecule has 0 spiro atoms. The second kappa shape index (κ2) is 7.25. The summed E-state index contributed by atoms with van der Waals surface area (Å²) in [5, 5.41) is 3.26. The van der Waals surface area contributed by atoms with E-state index < -0.39 is 0 Å². The fraction of sp³-hybridized carbons (Fsp3) is 0.211. The predicted octanol–water partition coefficient (Wildman–Crippen LogP) is 2.55. The van der Waals surface area contributed by atoms with E-state index in [1.54, 1.807) is 37.3 Å². The van der Waals surface area contributed by atoms with Crippen molar-refractivity contribution in [1.29, 1.82) is 0 Å². The quantitative estimate of drug-likeness (QED) is 0.777. The molecule has 0 unspecified atom stereocenters. The summed E-state index contributed by atoms with van der Waals surface area (Å²) in [5.74, 6) is -0.499. The zero-order valence-corrected chi connectivity index (χ0v) is 13.8. The van der Waals surface area contributed by atoms with Crippen LogP contribution in [0.1, 0.15) is 17.5 Å². The summed E-state index contributed by atoms with van der Waals surface area (Å²) < 4.78 is 14.9. The highest BCUT2D eigenvalue weighted by Gasteiger charge is 2.07. The number of halogens is 1. The molecule has 1 heterocycles. The van der Waals surface area contributed by atoms with Gasteiger partial charge in [0.05, 0.1) is 17.2 Å². The van der Waals surface area contributed by atoms with E-state index in [2.05, 4.69) is 10.3 Å². The zero-order valence-electron chi connectivity index (χ0n) is 13.8. The van der Waals surface area contributed by atoms with Crippen LogP contribution in [0.3, 0.4) is 0 Å². The molecule has 3 rings (SSSR count). The number of carbonyl (C=O) groups excluding carboxylic acids is 1. The first-order valence-electron chi connectivity index (χ1n) is 8.00. The molecule has 0 radical (unpaired) electrons. The third-order valence-electron chi connectivity index (χ3n) is 4.04. The molecule has 0 saturated heterocycles. The van der Waals surface area contributed by atoms with Crippen molar-refractivity contribution >= 4 is 16.8 Å². The molecule has 0 fully saturated rings. The van der Waals surface area contributed by atoms with Gasteiger partial charge >= 0.3 is 0 Å². The number of para-hydroxylation sites is 1. The van der Waals surface area contributed by atoms with E-state index in [0.717, 1.165) is 0 Å². The highest BCUT2D eigenvalue weighted by atomic mass is 19.1. The van der Waals surface area contributed by atoms with Crippen molar-refractivity contribution in [3.05, 3.63) is 76.1 Å². The molecule has 0 aliphatic rings. The third-order valence-corrected chi connectivity index (χ3v) is 4.04. The number of hydrogen-bond acceptors (Lipinski definition) is 3. The Morgan fingerprint density at radius 2 is 2.04 bits per heavy atom. The first-order chi connectivity index (χ1) is 12.0. The van der Waals surface area contributed by atoms with Crippen molar-refractivity contribution in [2.75, 3.05) is 0 Å². The Morgan fingerprint density at radius 1 is 1.24 bits per heavy atom. The van der Waals surface area contributed by atoms with Gasteiger partial charge < -0.3 is 5.32 Å². The summed E-state index contributed by atoms with van der Waals surface area (Å²) in [4.78, 5) is 28.5. The smallest absolute Gasteiger partial charge is 0.261 e. The van der Waals surface area contributed by atoms with Gasteiger partial charge in [0.2, 0.25) is 5.91 Å². The van der Waals surface area contributed by atoms with Crippen molar-refractivity contribution < 1.29 is 9.18 Å². The Morgan fingerprint density at radius 3 is 2.84 bits per heavy atom. The van der Waals surface area contributed by atoms with Gasteiger partial charge in [0.15, 0.2) is 0 Å². The van der Waals surface area contributed by atoms with Crippen LogP contribution in [0.15, 0.2) is 53.6 Å². The van der Waals surface area contributed by atoms with E-state index in [0.29, 0.717) is 22.0 Å². The largest absolute Gasteiger partial charge is 0.352 e. The Balaban J connectivity index is 1.60. The maximum absolute atomic E-state index is 13.5. The number of nitrogens with zero attached hydrogens (tertiary/aromatic N) is 2. The van der Waals surface area contributed by atoms with E-state index in [-0.39, 0.29) is 36.8 Å². The fourth-order valence-corrected chi connectivity index (χ4v) is 2.52. The minimum atomic E-state index is -0.291. The topological polar surface area (TPSA) is 64.0 Å². The van der Waals surface area contributed by atoms with Gasteiger partial charge in [-0.1, -0.05) is 24.3 Å². The molecule has 0 saturated carbocycles. The number of aryl methyl sites for hydroxylation is 2. The number of nitrogens with one attached hydrogen (secondary N) is 1. The normalized spacial score (nSPS) is 10.8. The van der Waals surface area contributed by atoms with Crippen LogP contribution in [0.2, 0.25) is 0 Å². The van der Waals surface area contributed by atoms with E-state index >= 15 is 0 Å². The van der Waals surface area contributed by atoms with Crippen LogP contribution in [-0.2, 0) is 17.9 Å². The van der Waals surface area contributed by atoms with Crippen molar-refractivity contribution in [3.63, 3.8) is 0 Å². The van der Waals surface area contributed by atoms with Gasteiger partial charge in [0.1, 0.15) is 5.82 Å². The Bertz CT molecular complexity index is 982. The molecule has 3 aromatic rings. The van der Waals surface area contributed by atoms with E-state index in [4.69, 9.17) is 0 Å². The molecule has 5 nitrogen and oxygen atoms in total. The van der Waals surface area contributed by atoms with Crippen LogP contribution in [0.4, 0.5) is 4.39 Å². The van der Waals surface area contributed by atoms with Gasteiger partial charge in [-0.2, -0.15) is 0 Å². The average molecular weight is 339 g/mol. The Hall–Kier alpha value is -3.02. The van der Waals surface area contributed by atoms with Crippen LogP contribution < -0.4 is 10.9 Å². The number of fused-ring (bicyclic) bond motifs is 1. The molecule has 2 aromatic carbocycles.